The number of rotatable bonds is 7. The molecule has 170 valence electrons. The second kappa shape index (κ2) is 9.89. The Kier molecular flexibility index (Phi) is 7.22. The normalized spacial score (nSPS) is 14.5. The molecule has 0 aromatic heterocycles. The third-order valence-electron chi connectivity index (χ3n) is 5.26. The molecule has 2 aromatic rings. The van der Waals surface area contributed by atoms with Crippen LogP contribution < -0.4 is 10.6 Å². The van der Waals surface area contributed by atoms with Crippen molar-refractivity contribution in [1.82, 2.24) is 10.2 Å². The Labute approximate surface area is 185 Å². The Morgan fingerprint density at radius 3 is 2.09 bits per heavy atom. The van der Waals surface area contributed by atoms with Gasteiger partial charge in [0.2, 0.25) is 5.91 Å². The fourth-order valence-electron chi connectivity index (χ4n) is 3.36. The van der Waals surface area contributed by atoms with Gasteiger partial charge in [-0.15, -0.1) is 0 Å². The minimum atomic E-state index is -4.40. The van der Waals surface area contributed by atoms with E-state index in [1.165, 1.54) is 12.1 Å². The molecule has 8 heteroatoms. The van der Waals surface area contributed by atoms with Crippen LogP contribution >= 0.6 is 0 Å². The van der Waals surface area contributed by atoms with Gasteiger partial charge in [-0.2, -0.15) is 13.2 Å². The van der Waals surface area contributed by atoms with Gasteiger partial charge in [-0.1, -0.05) is 38.1 Å². The van der Waals surface area contributed by atoms with Crippen molar-refractivity contribution in [2.45, 2.75) is 32.6 Å². The van der Waals surface area contributed by atoms with Crippen LogP contribution in [-0.4, -0.2) is 35.8 Å². The maximum atomic E-state index is 12.7. The number of anilines is 1. The summed E-state index contributed by atoms with van der Waals surface area (Å²) in [7, 11) is 0. The van der Waals surface area contributed by atoms with Crippen LogP contribution in [0.3, 0.4) is 0 Å². The van der Waals surface area contributed by atoms with E-state index < -0.39 is 17.8 Å². The molecule has 2 N–H and O–H groups in total. The Morgan fingerprint density at radius 1 is 0.969 bits per heavy atom. The summed E-state index contributed by atoms with van der Waals surface area (Å²) in [6, 6.07) is 11.1. The number of alkyl halides is 3. The molecule has 0 spiro atoms. The summed E-state index contributed by atoms with van der Waals surface area (Å²) in [5, 5.41) is 5.87. The molecule has 0 bridgehead atoms. The predicted molar refractivity (Wildman–Crippen MR) is 117 cm³/mol. The lowest BCUT2D eigenvalue weighted by atomic mass is 10.0. The summed E-state index contributed by atoms with van der Waals surface area (Å²) in [4.78, 5) is 26.8. The number of benzene rings is 2. The SMILES string of the molecule is CC(C)[C@@H](Nc1ccc(C(F)(F)F)cc1)C(=O)NCc1ccc(C(=O)N2CC=CC2)cc1. The van der Waals surface area contributed by atoms with Crippen LogP contribution in [0.2, 0.25) is 0 Å². The van der Waals surface area contributed by atoms with Crippen LogP contribution in [0.15, 0.2) is 60.7 Å². The van der Waals surface area contributed by atoms with Crippen molar-refractivity contribution in [2.75, 3.05) is 18.4 Å². The van der Waals surface area contributed by atoms with Crippen LogP contribution in [0.5, 0.6) is 0 Å². The largest absolute Gasteiger partial charge is 0.416 e. The Balaban J connectivity index is 1.57. The summed E-state index contributed by atoms with van der Waals surface area (Å²) >= 11 is 0. The zero-order valence-corrected chi connectivity index (χ0v) is 17.9. The first-order valence-corrected chi connectivity index (χ1v) is 10.4. The van der Waals surface area contributed by atoms with Gasteiger partial charge >= 0.3 is 6.18 Å². The standard InChI is InChI=1S/C24H26F3N3O2/c1-16(2)21(29-20-11-9-19(10-12-20)24(25,26)27)22(31)28-15-17-5-7-18(8-6-17)23(32)30-13-3-4-14-30/h3-12,16,21,29H,13-15H2,1-2H3,(H,28,31)/t21-/m1/s1. The molecular formula is C24H26F3N3O2. The molecule has 1 atom stereocenters. The number of halogens is 3. The monoisotopic (exact) mass is 445 g/mol. The highest BCUT2D eigenvalue weighted by Crippen LogP contribution is 2.30. The third-order valence-corrected chi connectivity index (χ3v) is 5.26. The average Bonchev–Trinajstić information content (AvgIpc) is 3.30. The van der Waals surface area contributed by atoms with Crippen molar-refractivity contribution < 1.29 is 22.8 Å². The molecule has 3 rings (SSSR count). The second-order valence-corrected chi connectivity index (χ2v) is 8.04. The lowest BCUT2D eigenvalue weighted by Gasteiger charge is -2.23. The van der Waals surface area contributed by atoms with E-state index in [0.29, 0.717) is 24.3 Å². The second-order valence-electron chi connectivity index (χ2n) is 8.04. The quantitative estimate of drug-likeness (QED) is 0.619. The predicted octanol–water partition coefficient (Wildman–Crippen LogP) is 4.47. The van der Waals surface area contributed by atoms with Crippen LogP contribution in [-0.2, 0) is 17.5 Å². The van der Waals surface area contributed by atoms with Crippen molar-refractivity contribution in [2.24, 2.45) is 5.92 Å². The summed E-state index contributed by atoms with van der Waals surface area (Å²) in [6.45, 7) is 5.21. The molecule has 0 unspecified atom stereocenters. The van der Waals surface area contributed by atoms with Gasteiger partial charge in [0.25, 0.3) is 5.91 Å². The number of carbonyl (C=O) groups excluding carboxylic acids is 2. The maximum absolute atomic E-state index is 12.7. The highest BCUT2D eigenvalue weighted by Gasteiger charge is 2.30. The van der Waals surface area contributed by atoms with Gasteiger partial charge in [-0.3, -0.25) is 9.59 Å². The molecule has 1 aliphatic rings. The van der Waals surface area contributed by atoms with E-state index in [1.54, 1.807) is 29.2 Å². The first kappa shape index (κ1) is 23.4. The van der Waals surface area contributed by atoms with Gasteiger partial charge in [-0.25, -0.2) is 0 Å². The van der Waals surface area contributed by atoms with E-state index in [9.17, 15) is 22.8 Å². The van der Waals surface area contributed by atoms with E-state index >= 15 is 0 Å². The molecule has 1 aliphatic heterocycles. The molecule has 0 aliphatic carbocycles. The number of nitrogens with zero attached hydrogens (tertiary/aromatic N) is 1. The van der Waals surface area contributed by atoms with Crippen molar-refractivity contribution in [3.63, 3.8) is 0 Å². The molecule has 32 heavy (non-hydrogen) atoms. The fourth-order valence-corrected chi connectivity index (χ4v) is 3.36. The van der Waals surface area contributed by atoms with Gasteiger partial charge in [0.1, 0.15) is 6.04 Å². The third kappa shape index (κ3) is 5.90. The highest BCUT2D eigenvalue weighted by atomic mass is 19.4. The van der Waals surface area contributed by atoms with Gasteiger partial charge in [0, 0.05) is 30.9 Å². The van der Waals surface area contributed by atoms with Gasteiger partial charge in [0.05, 0.1) is 5.56 Å². The smallest absolute Gasteiger partial charge is 0.373 e. The van der Waals surface area contributed by atoms with E-state index in [1.807, 2.05) is 26.0 Å². The van der Waals surface area contributed by atoms with Crippen LogP contribution in [0.25, 0.3) is 0 Å². The van der Waals surface area contributed by atoms with E-state index in [-0.39, 0.29) is 24.3 Å². The Bertz CT molecular complexity index is 959. The van der Waals surface area contributed by atoms with Gasteiger partial charge < -0.3 is 15.5 Å². The van der Waals surface area contributed by atoms with Crippen LogP contribution in [0.4, 0.5) is 18.9 Å². The average molecular weight is 445 g/mol. The van der Waals surface area contributed by atoms with Crippen molar-refractivity contribution >= 4 is 17.5 Å². The summed E-state index contributed by atoms with van der Waals surface area (Å²) in [5.41, 5.74) is 1.13. The number of carbonyl (C=O) groups is 2. The number of hydrogen-bond donors (Lipinski definition) is 2. The van der Waals surface area contributed by atoms with Crippen molar-refractivity contribution in [3.8, 4) is 0 Å². The molecule has 5 nitrogen and oxygen atoms in total. The number of nitrogens with one attached hydrogen (secondary N) is 2. The molecule has 0 saturated heterocycles. The first-order chi connectivity index (χ1) is 15.1. The molecule has 2 aromatic carbocycles. The number of amides is 2. The molecule has 0 radical (unpaired) electrons. The number of hydrogen-bond acceptors (Lipinski definition) is 3. The fraction of sp³-hybridized carbons (Fsp3) is 0.333. The molecule has 0 saturated carbocycles. The topological polar surface area (TPSA) is 61.4 Å². The Hall–Kier alpha value is -3.29. The van der Waals surface area contributed by atoms with Crippen LogP contribution in [0, 0.1) is 5.92 Å². The zero-order chi connectivity index (χ0) is 23.3. The highest BCUT2D eigenvalue weighted by molar-refractivity contribution is 5.94. The van der Waals surface area contributed by atoms with E-state index in [4.69, 9.17) is 0 Å². The van der Waals surface area contributed by atoms with Crippen molar-refractivity contribution in [3.05, 3.63) is 77.4 Å². The lowest BCUT2D eigenvalue weighted by molar-refractivity contribution is -0.137. The molecular weight excluding hydrogens is 419 g/mol. The van der Waals surface area contributed by atoms with E-state index in [0.717, 1.165) is 17.7 Å². The first-order valence-electron chi connectivity index (χ1n) is 10.4. The minimum Gasteiger partial charge on any atom is -0.373 e. The summed E-state index contributed by atoms with van der Waals surface area (Å²) < 4.78 is 38.2. The van der Waals surface area contributed by atoms with E-state index in [2.05, 4.69) is 10.6 Å². The minimum absolute atomic E-state index is 0.0359. The lowest BCUT2D eigenvalue weighted by Crippen LogP contribution is -2.42. The van der Waals surface area contributed by atoms with Gasteiger partial charge in [-0.05, 0) is 47.9 Å². The summed E-state index contributed by atoms with van der Waals surface area (Å²) in [6.07, 6.45) is -0.504. The van der Waals surface area contributed by atoms with Crippen LogP contribution in [0.1, 0.15) is 35.3 Å². The van der Waals surface area contributed by atoms with Crippen molar-refractivity contribution in [1.29, 1.82) is 0 Å². The molecule has 2 amide bonds. The zero-order valence-electron chi connectivity index (χ0n) is 17.9. The molecule has 0 fully saturated rings. The molecule has 1 heterocycles. The maximum Gasteiger partial charge on any atom is 0.416 e. The van der Waals surface area contributed by atoms with Gasteiger partial charge in [0.15, 0.2) is 0 Å². The summed E-state index contributed by atoms with van der Waals surface area (Å²) in [5.74, 6) is -0.388. The Morgan fingerprint density at radius 2 is 1.56 bits per heavy atom.